The molecule has 1 heterocycles. The second kappa shape index (κ2) is 4.93. The Morgan fingerprint density at radius 2 is 1.70 bits per heavy atom. The molecule has 1 aliphatic heterocycles. The van der Waals surface area contributed by atoms with Crippen LogP contribution >= 0.6 is 0 Å². The first-order valence-corrected chi connectivity index (χ1v) is 9.94. The fourth-order valence-electron chi connectivity index (χ4n) is 4.69. The van der Waals surface area contributed by atoms with Gasteiger partial charge in [0.25, 0.3) is 0 Å². The van der Waals surface area contributed by atoms with E-state index in [0.29, 0.717) is 18.8 Å². The molecule has 3 fully saturated rings. The lowest BCUT2D eigenvalue weighted by Crippen LogP contribution is -2.48. The molecule has 112 valence electrons. The van der Waals surface area contributed by atoms with E-state index in [4.69, 9.17) is 13.6 Å². The molecule has 1 saturated heterocycles. The summed E-state index contributed by atoms with van der Waals surface area (Å²) in [6.45, 7) is 7.33. The highest BCUT2D eigenvalue weighted by atomic mass is 28.4. The van der Waals surface area contributed by atoms with Gasteiger partial charge >= 0.3 is 20.5 Å². The third kappa shape index (κ3) is 1.89. The Hall–Kier alpha value is -0.723. The predicted octanol–water partition coefficient (Wildman–Crippen LogP) is 1.86. The quantitative estimate of drug-likeness (QED) is 0.440. The molecule has 6 heteroatoms. The Labute approximate surface area is 120 Å². The number of ether oxygens (including phenoxy) is 1. The van der Waals surface area contributed by atoms with Crippen molar-refractivity contribution >= 4 is 20.5 Å². The summed E-state index contributed by atoms with van der Waals surface area (Å²) in [7, 11) is -2.30. The van der Waals surface area contributed by atoms with Gasteiger partial charge in [-0.3, -0.25) is 9.59 Å². The van der Waals surface area contributed by atoms with Gasteiger partial charge in [-0.1, -0.05) is 0 Å². The number of carbonyl (C=O) groups is 2. The fourth-order valence-corrected chi connectivity index (χ4v) is 8.20. The first-order chi connectivity index (χ1) is 9.51. The Morgan fingerprint density at radius 3 is 2.30 bits per heavy atom. The maximum absolute atomic E-state index is 11.9. The highest BCUT2D eigenvalue weighted by molar-refractivity contribution is 6.67. The van der Waals surface area contributed by atoms with Crippen molar-refractivity contribution in [1.29, 1.82) is 0 Å². The summed E-state index contributed by atoms with van der Waals surface area (Å²) in [4.78, 5) is 23.7. The van der Waals surface area contributed by atoms with Crippen molar-refractivity contribution in [1.82, 2.24) is 0 Å². The van der Waals surface area contributed by atoms with Gasteiger partial charge in [-0.15, -0.1) is 0 Å². The molecule has 0 radical (unpaired) electrons. The van der Waals surface area contributed by atoms with Gasteiger partial charge in [0, 0.05) is 18.8 Å². The van der Waals surface area contributed by atoms with Crippen molar-refractivity contribution in [2.24, 2.45) is 23.7 Å². The van der Waals surface area contributed by atoms with E-state index in [2.05, 4.69) is 6.55 Å². The maximum Gasteiger partial charge on any atom is 0.338 e. The van der Waals surface area contributed by atoms with Gasteiger partial charge in [-0.05, 0) is 45.1 Å². The zero-order valence-electron chi connectivity index (χ0n) is 12.3. The van der Waals surface area contributed by atoms with Crippen molar-refractivity contribution in [3.05, 3.63) is 0 Å². The molecule has 3 rings (SSSR count). The molecular formula is C14H22O5Si. The number of esters is 2. The molecule has 2 saturated carbocycles. The first-order valence-electron chi connectivity index (χ1n) is 7.55. The van der Waals surface area contributed by atoms with E-state index in [-0.39, 0.29) is 35.6 Å². The Bertz CT molecular complexity index is 431. The maximum atomic E-state index is 11.9. The largest absolute Gasteiger partial charge is 0.394 e. The SMILES string of the molecule is CCO[Si](C)(OCC)C1CC2CC1C1C(=O)OC(=O)C21. The zero-order chi connectivity index (χ0) is 14.5. The number of fused-ring (bicyclic) bond motifs is 5. The van der Waals surface area contributed by atoms with Crippen LogP contribution in [0.2, 0.25) is 12.1 Å². The smallest absolute Gasteiger partial charge is 0.338 e. The van der Waals surface area contributed by atoms with Gasteiger partial charge < -0.3 is 13.6 Å². The molecule has 3 aliphatic rings. The Kier molecular flexibility index (Phi) is 3.50. The van der Waals surface area contributed by atoms with E-state index in [1.807, 2.05) is 13.8 Å². The van der Waals surface area contributed by atoms with Crippen LogP contribution in [-0.2, 0) is 23.2 Å². The summed E-state index contributed by atoms with van der Waals surface area (Å²) in [6.07, 6.45) is 1.89. The zero-order valence-corrected chi connectivity index (χ0v) is 13.3. The Morgan fingerprint density at radius 1 is 1.10 bits per heavy atom. The Balaban J connectivity index is 1.85. The standard InChI is InChI=1S/C14H22O5Si/c1-4-17-20(3,18-5-2)10-7-8-6-9(10)12-11(8)13(15)19-14(12)16/h8-12H,4-7H2,1-3H3. The van der Waals surface area contributed by atoms with E-state index in [9.17, 15) is 9.59 Å². The molecule has 0 aromatic carbocycles. The summed E-state index contributed by atoms with van der Waals surface area (Å²) < 4.78 is 16.8. The highest BCUT2D eigenvalue weighted by Gasteiger charge is 2.67. The van der Waals surface area contributed by atoms with Crippen LogP contribution in [0, 0.1) is 23.7 Å². The molecule has 5 atom stereocenters. The third-order valence-corrected chi connectivity index (χ3v) is 9.02. The second-order valence-electron chi connectivity index (χ2n) is 6.18. The lowest BCUT2D eigenvalue weighted by molar-refractivity contribution is -0.154. The van der Waals surface area contributed by atoms with Crippen molar-refractivity contribution < 1.29 is 23.2 Å². The molecule has 5 nitrogen and oxygen atoms in total. The van der Waals surface area contributed by atoms with Crippen LogP contribution in [0.3, 0.4) is 0 Å². The van der Waals surface area contributed by atoms with Crippen molar-refractivity contribution in [2.45, 2.75) is 38.8 Å². The summed E-state index contributed by atoms with van der Waals surface area (Å²) in [6, 6.07) is 0. The molecule has 2 aliphatic carbocycles. The average Bonchev–Trinajstić information content (AvgIpc) is 3.03. The van der Waals surface area contributed by atoms with Gasteiger partial charge in [0.05, 0.1) is 11.8 Å². The van der Waals surface area contributed by atoms with Crippen LogP contribution in [0.4, 0.5) is 0 Å². The van der Waals surface area contributed by atoms with Gasteiger partial charge in [0.15, 0.2) is 0 Å². The van der Waals surface area contributed by atoms with Gasteiger partial charge in [0.1, 0.15) is 0 Å². The van der Waals surface area contributed by atoms with Crippen molar-refractivity contribution in [3.8, 4) is 0 Å². The predicted molar refractivity (Wildman–Crippen MR) is 72.9 cm³/mol. The molecule has 2 bridgehead atoms. The van der Waals surface area contributed by atoms with E-state index >= 15 is 0 Å². The molecular weight excluding hydrogens is 276 g/mol. The average molecular weight is 298 g/mol. The topological polar surface area (TPSA) is 61.8 Å². The van der Waals surface area contributed by atoms with Gasteiger partial charge in [-0.25, -0.2) is 0 Å². The fraction of sp³-hybridized carbons (Fsp3) is 0.857. The second-order valence-corrected chi connectivity index (χ2v) is 9.53. The molecule has 0 spiro atoms. The molecule has 0 amide bonds. The van der Waals surface area contributed by atoms with E-state index in [1.54, 1.807) is 0 Å². The molecule has 0 aromatic heterocycles. The summed E-state index contributed by atoms with van der Waals surface area (Å²) in [5.74, 6) is -0.562. The highest BCUT2D eigenvalue weighted by Crippen LogP contribution is 2.63. The van der Waals surface area contributed by atoms with Crippen molar-refractivity contribution in [2.75, 3.05) is 13.2 Å². The number of carbonyl (C=O) groups excluding carboxylic acids is 2. The van der Waals surface area contributed by atoms with Crippen LogP contribution in [0.5, 0.6) is 0 Å². The minimum absolute atomic E-state index is 0.190. The lowest BCUT2D eigenvalue weighted by Gasteiger charge is -2.38. The minimum Gasteiger partial charge on any atom is -0.394 e. The summed E-state index contributed by atoms with van der Waals surface area (Å²) in [5, 5.41) is 0. The molecule has 20 heavy (non-hydrogen) atoms. The van der Waals surface area contributed by atoms with E-state index in [1.165, 1.54) is 0 Å². The first kappa shape index (κ1) is 14.2. The van der Waals surface area contributed by atoms with E-state index in [0.717, 1.165) is 12.8 Å². The number of hydrogen-bond acceptors (Lipinski definition) is 5. The molecule has 5 unspecified atom stereocenters. The van der Waals surface area contributed by atoms with Gasteiger partial charge in [0.2, 0.25) is 0 Å². The summed E-state index contributed by atoms with van der Waals surface area (Å²) >= 11 is 0. The van der Waals surface area contributed by atoms with Crippen LogP contribution in [0.15, 0.2) is 0 Å². The van der Waals surface area contributed by atoms with Crippen LogP contribution in [-0.4, -0.2) is 33.7 Å². The van der Waals surface area contributed by atoms with Crippen LogP contribution < -0.4 is 0 Å². The van der Waals surface area contributed by atoms with Crippen LogP contribution in [0.1, 0.15) is 26.7 Å². The minimum atomic E-state index is -2.30. The number of rotatable bonds is 5. The van der Waals surface area contributed by atoms with Gasteiger partial charge in [-0.2, -0.15) is 0 Å². The normalized spacial score (nSPS) is 39.2. The van der Waals surface area contributed by atoms with E-state index < -0.39 is 8.56 Å². The molecule has 0 N–H and O–H groups in total. The number of cyclic esters (lactones) is 2. The van der Waals surface area contributed by atoms with Crippen LogP contribution in [0.25, 0.3) is 0 Å². The summed E-state index contributed by atoms with van der Waals surface area (Å²) in [5.41, 5.74) is 0.298. The third-order valence-electron chi connectivity index (χ3n) is 5.29. The number of hydrogen-bond donors (Lipinski definition) is 0. The van der Waals surface area contributed by atoms with Crippen molar-refractivity contribution in [3.63, 3.8) is 0 Å². The monoisotopic (exact) mass is 298 g/mol. The lowest BCUT2D eigenvalue weighted by atomic mass is 9.81. The molecule has 0 aromatic rings.